The molecule has 3 aromatic rings. The minimum Gasteiger partial charge on any atom is -0.477 e. The second kappa shape index (κ2) is 10.7. The van der Waals surface area contributed by atoms with Gasteiger partial charge in [-0.1, -0.05) is 51.2 Å². The normalized spacial score (nSPS) is 16.9. The molecule has 1 aromatic carbocycles. The van der Waals surface area contributed by atoms with Gasteiger partial charge in [0.2, 0.25) is 17.6 Å². The second-order valence-electron chi connectivity index (χ2n) is 9.99. The van der Waals surface area contributed by atoms with E-state index in [0.717, 1.165) is 55.7 Å². The monoisotopic (exact) mass is 476 g/mol. The van der Waals surface area contributed by atoms with E-state index in [0.29, 0.717) is 30.6 Å². The van der Waals surface area contributed by atoms with Gasteiger partial charge in [-0.15, -0.1) is 0 Å². The zero-order chi connectivity index (χ0) is 24.2. The molecule has 35 heavy (non-hydrogen) atoms. The average Bonchev–Trinajstić information content (AvgIpc) is 3.48. The predicted octanol–water partition coefficient (Wildman–Crippen LogP) is 5.44. The third-order valence-electron chi connectivity index (χ3n) is 7.42. The van der Waals surface area contributed by atoms with Crippen LogP contribution in [0.1, 0.15) is 71.1 Å². The number of unbranched alkanes of at least 4 members (excludes halogenated alkanes) is 2. The minimum absolute atomic E-state index is 0.122. The fourth-order valence-corrected chi connectivity index (χ4v) is 5.40. The summed E-state index contributed by atoms with van der Waals surface area (Å²) in [4.78, 5) is 31.8. The Morgan fingerprint density at radius 3 is 2.54 bits per heavy atom. The SMILES string of the molecule is CCCCCn1c(-c2ccc(N3CCCC3=O)cc2)cn2c(=O)cc(OCC3CCCCC3)nc12. The molecule has 0 unspecified atom stereocenters. The number of imidazole rings is 1. The minimum atomic E-state index is -0.122. The van der Waals surface area contributed by atoms with Crippen molar-refractivity contribution in [3.05, 3.63) is 46.9 Å². The molecule has 0 N–H and O–H groups in total. The zero-order valence-corrected chi connectivity index (χ0v) is 20.7. The van der Waals surface area contributed by atoms with Crippen molar-refractivity contribution in [3.8, 4) is 17.1 Å². The molecule has 3 heterocycles. The molecule has 1 saturated carbocycles. The first-order valence-electron chi connectivity index (χ1n) is 13.3. The molecular weight excluding hydrogens is 440 g/mol. The lowest BCUT2D eigenvalue weighted by atomic mass is 9.90. The predicted molar refractivity (Wildman–Crippen MR) is 138 cm³/mol. The van der Waals surface area contributed by atoms with Crippen LogP contribution in [0.3, 0.4) is 0 Å². The molecule has 7 nitrogen and oxygen atoms in total. The fourth-order valence-electron chi connectivity index (χ4n) is 5.40. The third kappa shape index (κ3) is 5.14. The highest BCUT2D eigenvalue weighted by Crippen LogP contribution is 2.28. The number of aryl methyl sites for hydroxylation is 1. The summed E-state index contributed by atoms with van der Waals surface area (Å²) in [7, 11) is 0. The molecule has 186 valence electrons. The van der Waals surface area contributed by atoms with Crippen LogP contribution in [0, 0.1) is 5.92 Å². The summed E-state index contributed by atoms with van der Waals surface area (Å²) in [6.07, 6.45) is 12.9. The molecule has 5 rings (SSSR count). The van der Waals surface area contributed by atoms with Gasteiger partial charge in [0.25, 0.3) is 5.56 Å². The lowest BCUT2D eigenvalue weighted by Gasteiger charge is -2.21. The molecule has 1 aliphatic carbocycles. The quantitative estimate of drug-likeness (QED) is 0.386. The fraction of sp³-hybridized carbons (Fsp3) is 0.536. The summed E-state index contributed by atoms with van der Waals surface area (Å²) >= 11 is 0. The van der Waals surface area contributed by atoms with E-state index in [9.17, 15) is 9.59 Å². The molecule has 0 bridgehead atoms. The van der Waals surface area contributed by atoms with Crippen molar-refractivity contribution in [1.29, 1.82) is 0 Å². The Morgan fingerprint density at radius 1 is 1.03 bits per heavy atom. The average molecular weight is 477 g/mol. The van der Waals surface area contributed by atoms with E-state index in [-0.39, 0.29) is 11.5 Å². The number of rotatable bonds is 9. The maximum atomic E-state index is 13.0. The topological polar surface area (TPSA) is 68.8 Å². The van der Waals surface area contributed by atoms with Crippen LogP contribution in [-0.2, 0) is 11.3 Å². The van der Waals surface area contributed by atoms with Crippen molar-refractivity contribution >= 4 is 17.4 Å². The molecule has 0 radical (unpaired) electrons. The van der Waals surface area contributed by atoms with Crippen molar-refractivity contribution in [2.24, 2.45) is 5.92 Å². The Morgan fingerprint density at radius 2 is 1.83 bits per heavy atom. The van der Waals surface area contributed by atoms with Crippen LogP contribution in [0.2, 0.25) is 0 Å². The summed E-state index contributed by atoms with van der Waals surface area (Å²) in [5, 5.41) is 0. The zero-order valence-electron chi connectivity index (χ0n) is 20.7. The van der Waals surface area contributed by atoms with E-state index >= 15 is 0 Å². The van der Waals surface area contributed by atoms with Gasteiger partial charge in [-0.3, -0.25) is 14.0 Å². The van der Waals surface area contributed by atoms with Crippen LogP contribution in [0.15, 0.2) is 41.3 Å². The van der Waals surface area contributed by atoms with Gasteiger partial charge < -0.3 is 14.2 Å². The number of amides is 1. The molecule has 0 spiro atoms. The Balaban J connectivity index is 1.46. The third-order valence-corrected chi connectivity index (χ3v) is 7.42. The van der Waals surface area contributed by atoms with Gasteiger partial charge in [-0.2, -0.15) is 4.98 Å². The number of nitrogens with zero attached hydrogens (tertiary/aromatic N) is 4. The van der Waals surface area contributed by atoms with E-state index in [4.69, 9.17) is 9.72 Å². The van der Waals surface area contributed by atoms with Gasteiger partial charge in [0, 0.05) is 31.4 Å². The summed E-state index contributed by atoms with van der Waals surface area (Å²) in [5.74, 6) is 1.78. The first kappa shape index (κ1) is 23.6. The Kier molecular flexibility index (Phi) is 7.21. The van der Waals surface area contributed by atoms with Crippen LogP contribution >= 0.6 is 0 Å². The molecule has 2 fully saturated rings. The molecule has 2 aromatic heterocycles. The van der Waals surface area contributed by atoms with Crippen LogP contribution in [-0.4, -0.2) is 33.0 Å². The summed E-state index contributed by atoms with van der Waals surface area (Å²) in [6, 6.07) is 9.59. The maximum absolute atomic E-state index is 13.0. The Bertz CT molecular complexity index is 1220. The van der Waals surface area contributed by atoms with Gasteiger partial charge in [-0.25, -0.2) is 0 Å². The molecule has 0 atom stereocenters. The van der Waals surface area contributed by atoms with Crippen LogP contribution in [0.4, 0.5) is 5.69 Å². The first-order chi connectivity index (χ1) is 17.1. The number of hydrogen-bond donors (Lipinski definition) is 0. The van der Waals surface area contributed by atoms with Gasteiger partial charge in [0.1, 0.15) is 0 Å². The van der Waals surface area contributed by atoms with Crippen molar-refractivity contribution in [2.45, 2.75) is 77.7 Å². The van der Waals surface area contributed by atoms with Gasteiger partial charge >= 0.3 is 0 Å². The van der Waals surface area contributed by atoms with E-state index in [1.807, 2.05) is 35.4 Å². The number of ether oxygens (including phenoxy) is 1. The Hall–Kier alpha value is -3.09. The van der Waals surface area contributed by atoms with Gasteiger partial charge in [0.15, 0.2) is 0 Å². The van der Waals surface area contributed by atoms with Crippen molar-refractivity contribution in [1.82, 2.24) is 14.0 Å². The van der Waals surface area contributed by atoms with Crippen LogP contribution < -0.4 is 15.2 Å². The van der Waals surface area contributed by atoms with E-state index < -0.39 is 0 Å². The second-order valence-corrected chi connectivity index (χ2v) is 9.99. The first-order valence-corrected chi connectivity index (χ1v) is 13.3. The van der Waals surface area contributed by atoms with E-state index in [2.05, 4.69) is 11.5 Å². The number of fused-ring (bicyclic) bond motifs is 1. The molecule has 1 aliphatic heterocycles. The lowest BCUT2D eigenvalue weighted by molar-refractivity contribution is -0.117. The highest BCUT2D eigenvalue weighted by molar-refractivity contribution is 5.95. The molecular formula is C28H36N4O3. The molecule has 1 saturated heterocycles. The summed E-state index contributed by atoms with van der Waals surface area (Å²) < 4.78 is 9.81. The van der Waals surface area contributed by atoms with Crippen molar-refractivity contribution in [2.75, 3.05) is 18.1 Å². The molecule has 1 amide bonds. The summed E-state index contributed by atoms with van der Waals surface area (Å²) in [6.45, 7) is 4.37. The lowest BCUT2D eigenvalue weighted by Crippen LogP contribution is -2.23. The molecule has 2 aliphatic rings. The summed E-state index contributed by atoms with van der Waals surface area (Å²) in [5.41, 5.74) is 2.77. The number of benzene rings is 1. The van der Waals surface area contributed by atoms with Crippen LogP contribution in [0.25, 0.3) is 17.0 Å². The number of hydrogen-bond acceptors (Lipinski definition) is 4. The van der Waals surface area contributed by atoms with Crippen LogP contribution in [0.5, 0.6) is 5.88 Å². The number of carbonyl (C=O) groups excluding carboxylic acids is 1. The van der Waals surface area contributed by atoms with E-state index in [1.54, 1.807) is 4.40 Å². The highest BCUT2D eigenvalue weighted by Gasteiger charge is 2.22. The van der Waals surface area contributed by atoms with E-state index in [1.165, 1.54) is 38.2 Å². The van der Waals surface area contributed by atoms with Gasteiger partial charge in [-0.05, 0) is 49.3 Å². The van der Waals surface area contributed by atoms with Crippen molar-refractivity contribution in [3.63, 3.8) is 0 Å². The number of aromatic nitrogens is 3. The smallest absolute Gasteiger partial charge is 0.262 e. The number of anilines is 1. The Labute approximate surface area is 206 Å². The largest absolute Gasteiger partial charge is 0.477 e. The standard InChI is InChI=1S/C28H36N4O3/c1-2-3-7-16-31-24(22-12-14-23(15-13-22)30-17-8-11-26(30)33)19-32-27(34)18-25(29-28(31)32)35-20-21-9-5-4-6-10-21/h12-15,18-19,21H,2-11,16-17,20H2,1H3. The maximum Gasteiger partial charge on any atom is 0.262 e. The molecule has 7 heteroatoms. The van der Waals surface area contributed by atoms with Crippen molar-refractivity contribution < 1.29 is 9.53 Å². The van der Waals surface area contributed by atoms with Gasteiger partial charge in [0.05, 0.1) is 18.4 Å². The highest BCUT2D eigenvalue weighted by atomic mass is 16.5. The number of carbonyl (C=O) groups is 1.